The zero-order chi connectivity index (χ0) is 14.1. The minimum atomic E-state index is -0.0875. The van der Waals surface area contributed by atoms with E-state index in [0.29, 0.717) is 5.65 Å². The highest BCUT2D eigenvalue weighted by atomic mass is 79.9. The number of benzene rings is 1. The Morgan fingerprint density at radius 2 is 2.05 bits per heavy atom. The van der Waals surface area contributed by atoms with Gasteiger partial charge >= 0.3 is 0 Å². The maximum absolute atomic E-state index is 11.0. The van der Waals surface area contributed by atoms with Crippen molar-refractivity contribution in [3.8, 4) is 11.4 Å². The largest absolute Gasteiger partial charge is 0.337 e. The number of aromatic nitrogens is 3. The molecule has 2 N–H and O–H groups in total. The molecular weight excluding hydrogens is 320 g/mol. The molecule has 0 bridgehead atoms. The molecule has 0 aliphatic carbocycles. The number of anilines is 1. The van der Waals surface area contributed by atoms with Crippen molar-refractivity contribution in [1.29, 1.82) is 0 Å². The van der Waals surface area contributed by atoms with Gasteiger partial charge in [0.25, 0.3) is 0 Å². The molecule has 0 saturated carbocycles. The van der Waals surface area contributed by atoms with Gasteiger partial charge in [0.2, 0.25) is 5.91 Å². The number of pyridine rings is 1. The lowest BCUT2D eigenvalue weighted by atomic mass is 10.2. The van der Waals surface area contributed by atoms with Gasteiger partial charge in [0.1, 0.15) is 5.82 Å². The van der Waals surface area contributed by atoms with E-state index >= 15 is 0 Å². The first-order valence-electron chi connectivity index (χ1n) is 6.01. The van der Waals surface area contributed by atoms with Gasteiger partial charge in [-0.05, 0) is 46.3 Å². The number of rotatable bonds is 2. The van der Waals surface area contributed by atoms with Crippen LogP contribution in [-0.4, -0.2) is 20.9 Å². The Balaban J connectivity index is 1.96. The van der Waals surface area contributed by atoms with Crippen molar-refractivity contribution in [2.75, 3.05) is 5.32 Å². The lowest BCUT2D eigenvalue weighted by Crippen LogP contribution is -2.05. The molecule has 100 valence electrons. The van der Waals surface area contributed by atoms with E-state index in [1.165, 1.54) is 6.92 Å². The standard InChI is InChI=1S/C14H11BrN4O/c1-8(20)17-11-4-2-9(3-5-11)13-18-12-6-10(15)7-16-14(12)19-13/h2-7H,1H3,(H,17,20)(H,16,18,19). The number of carbonyl (C=O) groups excluding carboxylic acids is 1. The summed E-state index contributed by atoms with van der Waals surface area (Å²) in [5, 5.41) is 2.73. The Labute approximate surface area is 123 Å². The Kier molecular flexibility index (Phi) is 3.23. The van der Waals surface area contributed by atoms with Crippen molar-refractivity contribution >= 4 is 38.7 Å². The first-order valence-corrected chi connectivity index (χ1v) is 6.80. The molecule has 0 spiro atoms. The van der Waals surface area contributed by atoms with Gasteiger partial charge in [-0.1, -0.05) is 0 Å². The molecule has 3 rings (SSSR count). The monoisotopic (exact) mass is 330 g/mol. The number of nitrogens with zero attached hydrogens (tertiary/aromatic N) is 2. The summed E-state index contributed by atoms with van der Waals surface area (Å²) in [4.78, 5) is 22.9. The second-order valence-electron chi connectivity index (χ2n) is 4.37. The van der Waals surface area contributed by atoms with Crippen LogP contribution in [0.15, 0.2) is 41.0 Å². The highest BCUT2D eigenvalue weighted by molar-refractivity contribution is 9.10. The molecule has 0 saturated heterocycles. The summed E-state index contributed by atoms with van der Waals surface area (Å²) < 4.78 is 0.904. The van der Waals surface area contributed by atoms with Crippen LogP contribution in [-0.2, 0) is 4.79 Å². The number of aromatic amines is 1. The molecule has 2 aromatic heterocycles. The first kappa shape index (κ1) is 12.8. The van der Waals surface area contributed by atoms with E-state index in [2.05, 4.69) is 36.2 Å². The van der Waals surface area contributed by atoms with Crippen molar-refractivity contribution in [2.45, 2.75) is 6.92 Å². The quantitative estimate of drug-likeness (QED) is 0.756. The SMILES string of the molecule is CC(=O)Nc1ccc(-c2nc3ncc(Br)cc3[nH]2)cc1. The summed E-state index contributed by atoms with van der Waals surface area (Å²) in [6.07, 6.45) is 1.72. The van der Waals surface area contributed by atoms with Gasteiger partial charge < -0.3 is 10.3 Å². The van der Waals surface area contributed by atoms with Crippen molar-refractivity contribution in [1.82, 2.24) is 15.0 Å². The van der Waals surface area contributed by atoms with Crippen LogP contribution in [0.1, 0.15) is 6.92 Å². The number of hydrogen-bond donors (Lipinski definition) is 2. The number of hydrogen-bond acceptors (Lipinski definition) is 3. The summed E-state index contributed by atoms with van der Waals surface area (Å²) in [6, 6.07) is 9.42. The predicted molar refractivity (Wildman–Crippen MR) is 81.3 cm³/mol. The molecular formula is C14H11BrN4O. The molecule has 20 heavy (non-hydrogen) atoms. The third-order valence-corrected chi connectivity index (χ3v) is 3.22. The number of H-pyrrole nitrogens is 1. The molecule has 1 aromatic carbocycles. The zero-order valence-electron chi connectivity index (χ0n) is 10.6. The fraction of sp³-hybridized carbons (Fsp3) is 0.0714. The molecule has 0 unspecified atom stereocenters. The molecule has 6 heteroatoms. The van der Waals surface area contributed by atoms with E-state index < -0.39 is 0 Å². The molecule has 5 nitrogen and oxygen atoms in total. The van der Waals surface area contributed by atoms with E-state index in [1.807, 2.05) is 30.3 Å². The number of halogens is 1. The lowest BCUT2D eigenvalue weighted by Gasteiger charge is -2.02. The second-order valence-corrected chi connectivity index (χ2v) is 5.28. The molecule has 0 fully saturated rings. The van der Waals surface area contributed by atoms with Crippen molar-refractivity contribution in [3.63, 3.8) is 0 Å². The van der Waals surface area contributed by atoms with E-state index in [1.54, 1.807) is 6.20 Å². The van der Waals surface area contributed by atoms with Crippen LogP contribution in [0.4, 0.5) is 5.69 Å². The molecule has 0 aliphatic rings. The highest BCUT2D eigenvalue weighted by Crippen LogP contribution is 2.22. The smallest absolute Gasteiger partial charge is 0.221 e. The average Bonchev–Trinajstić information content (AvgIpc) is 2.81. The number of amides is 1. The van der Waals surface area contributed by atoms with Gasteiger partial charge in [0.15, 0.2) is 5.65 Å². The van der Waals surface area contributed by atoms with Crippen LogP contribution in [0, 0.1) is 0 Å². The van der Waals surface area contributed by atoms with Gasteiger partial charge in [-0.15, -0.1) is 0 Å². The van der Waals surface area contributed by atoms with Gasteiger partial charge in [-0.2, -0.15) is 0 Å². The lowest BCUT2D eigenvalue weighted by molar-refractivity contribution is -0.114. The Morgan fingerprint density at radius 1 is 1.30 bits per heavy atom. The Hall–Kier alpha value is -2.21. The summed E-state index contributed by atoms with van der Waals surface area (Å²) in [5.74, 6) is 0.663. The summed E-state index contributed by atoms with van der Waals surface area (Å²) >= 11 is 3.38. The van der Waals surface area contributed by atoms with Gasteiger partial charge in [-0.25, -0.2) is 9.97 Å². The van der Waals surface area contributed by atoms with Crippen LogP contribution in [0.3, 0.4) is 0 Å². The molecule has 0 radical (unpaired) electrons. The third-order valence-electron chi connectivity index (χ3n) is 2.78. The van der Waals surface area contributed by atoms with E-state index in [4.69, 9.17) is 0 Å². The van der Waals surface area contributed by atoms with Gasteiger partial charge in [0, 0.05) is 28.8 Å². The van der Waals surface area contributed by atoms with Crippen LogP contribution in [0.25, 0.3) is 22.6 Å². The first-order chi connectivity index (χ1) is 9.61. The van der Waals surface area contributed by atoms with E-state index in [-0.39, 0.29) is 5.91 Å². The minimum Gasteiger partial charge on any atom is -0.337 e. The van der Waals surface area contributed by atoms with Crippen molar-refractivity contribution in [3.05, 3.63) is 41.0 Å². The van der Waals surface area contributed by atoms with Crippen LogP contribution >= 0.6 is 15.9 Å². The predicted octanol–water partition coefficient (Wildman–Crippen LogP) is 3.35. The zero-order valence-corrected chi connectivity index (χ0v) is 12.2. The number of fused-ring (bicyclic) bond motifs is 1. The fourth-order valence-corrected chi connectivity index (χ4v) is 2.26. The summed E-state index contributed by atoms with van der Waals surface area (Å²) in [5.41, 5.74) is 3.25. The van der Waals surface area contributed by atoms with Gasteiger partial charge in [0.05, 0.1) is 5.52 Å². The molecule has 3 aromatic rings. The Morgan fingerprint density at radius 3 is 2.75 bits per heavy atom. The Bertz CT molecular complexity index is 779. The van der Waals surface area contributed by atoms with Crippen LogP contribution < -0.4 is 5.32 Å². The maximum atomic E-state index is 11.0. The highest BCUT2D eigenvalue weighted by Gasteiger charge is 2.06. The van der Waals surface area contributed by atoms with Crippen LogP contribution in [0.5, 0.6) is 0 Å². The topological polar surface area (TPSA) is 70.7 Å². The van der Waals surface area contributed by atoms with Crippen molar-refractivity contribution in [2.24, 2.45) is 0 Å². The van der Waals surface area contributed by atoms with Crippen LogP contribution in [0.2, 0.25) is 0 Å². The number of carbonyl (C=O) groups is 1. The molecule has 2 heterocycles. The van der Waals surface area contributed by atoms with E-state index in [0.717, 1.165) is 27.1 Å². The molecule has 0 aliphatic heterocycles. The molecule has 1 amide bonds. The minimum absolute atomic E-state index is 0.0875. The summed E-state index contributed by atoms with van der Waals surface area (Å²) in [7, 11) is 0. The number of imidazole rings is 1. The van der Waals surface area contributed by atoms with Crippen molar-refractivity contribution < 1.29 is 4.79 Å². The average molecular weight is 331 g/mol. The van der Waals surface area contributed by atoms with Gasteiger partial charge in [-0.3, -0.25) is 4.79 Å². The van der Waals surface area contributed by atoms with E-state index in [9.17, 15) is 4.79 Å². The number of nitrogens with one attached hydrogen (secondary N) is 2. The maximum Gasteiger partial charge on any atom is 0.221 e. The molecule has 0 atom stereocenters. The fourth-order valence-electron chi connectivity index (χ4n) is 1.93. The second kappa shape index (κ2) is 5.05. The normalized spacial score (nSPS) is 10.7. The summed E-state index contributed by atoms with van der Waals surface area (Å²) in [6.45, 7) is 1.48. The third kappa shape index (κ3) is 2.55.